The molecule has 4 rings (SSSR count). The largest absolute Gasteiger partial charge is 0.493 e. The van der Waals surface area contributed by atoms with Crippen LogP contribution in [-0.4, -0.2) is 77.8 Å². The fourth-order valence-electron chi connectivity index (χ4n) is 5.86. The molecule has 0 unspecified atom stereocenters. The van der Waals surface area contributed by atoms with Crippen LogP contribution in [0.5, 0.6) is 11.5 Å². The van der Waals surface area contributed by atoms with Gasteiger partial charge in [0, 0.05) is 35.7 Å². The van der Waals surface area contributed by atoms with E-state index in [9.17, 15) is 24.6 Å². The van der Waals surface area contributed by atoms with E-state index in [0.717, 1.165) is 38.5 Å². The van der Waals surface area contributed by atoms with Crippen LogP contribution in [0.25, 0.3) is 0 Å². The van der Waals surface area contributed by atoms with Crippen LogP contribution in [0.3, 0.4) is 0 Å². The molecular weight excluding hydrogens is 464 g/mol. The Morgan fingerprint density at radius 2 is 1.94 bits per heavy atom. The van der Waals surface area contributed by atoms with Crippen molar-refractivity contribution in [2.45, 2.75) is 82.1 Å². The van der Waals surface area contributed by atoms with E-state index in [2.05, 4.69) is 5.32 Å². The van der Waals surface area contributed by atoms with Crippen LogP contribution in [-0.2, 0) is 9.59 Å². The minimum atomic E-state index is -1.10. The first-order valence-corrected chi connectivity index (χ1v) is 12.9. The first-order valence-electron chi connectivity index (χ1n) is 12.9. The lowest BCUT2D eigenvalue weighted by molar-refractivity contribution is -0.140. The SMILES string of the molecule is CCC(=O)N(C1CCCCCC1)[C@@H]1C=C(C(=O)NCCO)[C@@H]2c3cc(C=O)cc(OC)c3O[C@@H]2[C@H]1O. The molecule has 0 spiro atoms. The van der Waals surface area contributed by atoms with Gasteiger partial charge in [0.2, 0.25) is 11.8 Å². The van der Waals surface area contributed by atoms with Gasteiger partial charge in [-0.25, -0.2) is 0 Å². The molecule has 3 N–H and O–H groups in total. The van der Waals surface area contributed by atoms with Gasteiger partial charge in [0.15, 0.2) is 11.5 Å². The second-order valence-corrected chi connectivity index (χ2v) is 9.70. The van der Waals surface area contributed by atoms with Crippen molar-refractivity contribution in [1.82, 2.24) is 10.2 Å². The Morgan fingerprint density at radius 3 is 2.56 bits per heavy atom. The zero-order valence-electron chi connectivity index (χ0n) is 20.9. The minimum absolute atomic E-state index is 0.0332. The minimum Gasteiger partial charge on any atom is -0.493 e. The normalized spacial score (nSPS) is 25.5. The number of benzene rings is 1. The van der Waals surface area contributed by atoms with Crippen LogP contribution in [0.2, 0.25) is 0 Å². The van der Waals surface area contributed by atoms with E-state index in [1.807, 2.05) is 0 Å². The third-order valence-electron chi connectivity index (χ3n) is 7.54. The Labute approximate surface area is 211 Å². The lowest BCUT2D eigenvalue weighted by Crippen LogP contribution is -2.58. The molecule has 0 aromatic heterocycles. The van der Waals surface area contributed by atoms with Gasteiger partial charge >= 0.3 is 0 Å². The lowest BCUT2D eigenvalue weighted by Gasteiger charge is -2.44. The van der Waals surface area contributed by atoms with Gasteiger partial charge in [0.05, 0.1) is 25.7 Å². The van der Waals surface area contributed by atoms with Crippen molar-refractivity contribution in [2.24, 2.45) is 0 Å². The van der Waals surface area contributed by atoms with Crippen molar-refractivity contribution in [3.63, 3.8) is 0 Å². The number of nitrogens with zero attached hydrogens (tertiary/aromatic N) is 1. The standard InChI is InChI=1S/C27H36N2O7/c1-3-22(32)29(17-8-6-4-5-7-9-17)20-14-19(27(34)28-10-11-30)23-18-12-16(15-31)13-21(35-2)25(18)36-26(23)24(20)33/h12-15,17,20,23-24,26,30,33H,3-11H2,1-2H3,(H,28,34)/t20-,23+,24+,26+/m1/s1. The van der Waals surface area contributed by atoms with Crippen LogP contribution >= 0.6 is 0 Å². The fourth-order valence-corrected chi connectivity index (χ4v) is 5.86. The van der Waals surface area contributed by atoms with Gasteiger partial charge in [-0.2, -0.15) is 0 Å². The molecule has 9 heteroatoms. The first-order chi connectivity index (χ1) is 17.4. The predicted molar refractivity (Wildman–Crippen MR) is 132 cm³/mol. The Bertz CT molecular complexity index is 1020. The van der Waals surface area contributed by atoms with Crippen LogP contribution < -0.4 is 14.8 Å². The summed E-state index contributed by atoms with van der Waals surface area (Å²) < 4.78 is 11.7. The smallest absolute Gasteiger partial charge is 0.247 e. The molecule has 36 heavy (non-hydrogen) atoms. The number of carbonyl (C=O) groups is 3. The van der Waals surface area contributed by atoms with E-state index in [-0.39, 0.29) is 31.5 Å². The highest BCUT2D eigenvalue weighted by molar-refractivity contribution is 5.96. The topological polar surface area (TPSA) is 125 Å². The maximum atomic E-state index is 13.3. The average molecular weight is 501 g/mol. The van der Waals surface area contributed by atoms with Crippen molar-refractivity contribution < 1.29 is 34.1 Å². The quantitative estimate of drug-likeness (QED) is 0.369. The number of rotatable bonds is 8. The van der Waals surface area contributed by atoms with E-state index < -0.39 is 30.1 Å². The van der Waals surface area contributed by atoms with Gasteiger partial charge in [-0.15, -0.1) is 0 Å². The summed E-state index contributed by atoms with van der Waals surface area (Å²) in [6.07, 6.45) is 6.67. The van der Waals surface area contributed by atoms with Gasteiger partial charge in [0.25, 0.3) is 0 Å². The van der Waals surface area contributed by atoms with E-state index in [1.54, 1.807) is 30.0 Å². The summed E-state index contributed by atoms with van der Waals surface area (Å²) in [7, 11) is 1.47. The number of hydrogen-bond acceptors (Lipinski definition) is 7. The highest BCUT2D eigenvalue weighted by atomic mass is 16.5. The fraction of sp³-hybridized carbons (Fsp3) is 0.593. The highest BCUT2D eigenvalue weighted by Gasteiger charge is 2.52. The predicted octanol–water partition coefficient (Wildman–Crippen LogP) is 2.09. The summed E-state index contributed by atoms with van der Waals surface area (Å²) in [5.41, 5.74) is 1.28. The molecule has 0 bridgehead atoms. The average Bonchev–Trinajstić information content (AvgIpc) is 3.08. The molecule has 1 heterocycles. The number of fused-ring (bicyclic) bond motifs is 3. The van der Waals surface area contributed by atoms with E-state index in [0.29, 0.717) is 34.5 Å². The number of methoxy groups -OCH3 is 1. The Morgan fingerprint density at radius 1 is 1.22 bits per heavy atom. The molecule has 0 saturated heterocycles. The summed E-state index contributed by atoms with van der Waals surface area (Å²) in [6.45, 7) is 1.64. The number of aliphatic hydroxyl groups is 2. The van der Waals surface area contributed by atoms with Crippen molar-refractivity contribution in [2.75, 3.05) is 20.3 Å². The number of aliphatic hydroxyl groups excluding tert-OH is 2. The Kier molecular flexibility index (Phi) is 8.31. The molecule has 1 aromatic rings. The second kappa shape index (κ2) is 11.4. The molecule has 1 saturated carbocycles. The van der Waals surface area contributed by atoms with Gasteiger partial charge in [-0.1, -0.05) is 32.6 Å². The molecule has 1 fully saturated rings. The molecule has 2 aliphatic carbocycles. The number of carbonyl (C=O) groups excluding carboxylic acids is 3. The molecule has 4 atom stereocenters. The molecular formula is C27H36N2O7. The molecule has 9 nitrogen and oxygen atoms in total. The summed E-state index contributed by atoms with van der Waals surface area (Å²) in [4.78, 5) is 40.0. The third-order valence-corrected chi connectivity index (χ3v) is 7.54. The van der Waals surface area contributed by atoms with Gasteiger partial charge in [0.1, 0.15) is 18.5 Å². The van der Waals surface area contributed by atoms with Gasteiger partial charge in [-0.05, 0) is 31.1 Å². The zero-order chi connectivity index (χ0) is 25.8. The maximum absolute atomic E-state index is 13.3. The molecule has 3 aliphatic rings. The number of ether oxygens (including phenoxy) is 2. The highest BCUT2D eigenvalue weighted by Crippen LogP contribution is 2.51. The summed E-state index contributed by atoms with van der Waals surface area (Å²) in [5, 5.41) is 23.6. The molecule has 196 valence electrons. The third kappa shape index (κ3) is 4.86. The first kappa shape index (κ1) is 26.2. The second-order valence-electron chi connectivity index (χ2n) is 9.70. The Hall–Kier alpha value is -2.91. The number of hydrogen-bond donors (Lipinski definition) is 3. The van der Waals surface area contributed by atoms with Crippen molar-refractivity contribution in [1.29, 1.82) is 0 Å². The number of amides is 2. The van der Waals surface area contributed by atoms with Crippen molar-refractivity contribution in [3.8, 4) is 11.5 Å². The molecule has 1 aromatic carbocycles. The van der Waals surface area contributed by atoms with Crippen LogP contribution in [0.1, 0.15) is 73.7 Å². The zero-order valence-corrected chi connectivity index (χ0v) is 20.9. The number of nitrogens with one attached hydrogen (secondary N) is 1. The van der Waals surface area contributed by atoms with Crippen LogP contribution in [0.4, 0.5) is 0 Å². The number of aldehydes is 1. The Balaban J connectivity index is 1.82. The van der Waals surface area contributed by atoms with E-state index in [4.69, 9.17) is 9.47 Å². The molecule has 1 aliphatic heterocycles. The van der Waals surface area contributed by atoms with Crippen molar-refractivity contribution >= 4 is 18.1 Å². The lowest BCUT2D eigenvalue weighted by atomic mass is 9.76. The van der Waals surface area contributed by atoms with Gasteiger partial charge < -0.3 is 29.9 Å². The maximum Gasteiger partial charge on any atom is 0.247 e. The molecule has 0 radical (unpaired) electrons. The van der Waals surface area contributed by atoms with Crippen LogP contribution in [0.15, 0.2) is 23.8 Å². The van der Waals surface area contributed by atoms with Crippen molar-refractivity contribution in [3.05, 3.63) is 34.9 Å². The molecule has 2 amide bonds. The van der Waals surface area contributed by atoms with Gasteiger partial charge in [-0.3, -0.25) is 14.4 Å². The van der Waals surface area contributed by atoms with E-state index >= 15 is 0 Å². The monoisotopic (exact) mass is 500 g/mol. The van der Waals surface area contributed by atoms with Crippen LogP contribution in [0, 0.1) is 0 Å². The van der Waals surface area contributed by atoms with E-state index in [1.165, 1.54) is 7.11 Å². The summed E-state index contributed by atoms with van der Waals surface area (Å²) in [6, 6.07) is 2.42. The summed E-state index contributed by atoms with van der Waals surface area (Å²) >= 11 is 0. The summed E-state index contributed by atoms with van der Waals surface area (Å²) in [5.74, 6) is -0.430.